The predicted octanol–water partition coefficient (Wildman–Crippen LogP) is 4.66. The molecular weight excluding hydrogens is 475 g/mol. The molecule has 0 spiro atoms. The molecule has 0 radical (unpaired) electrons. The number of carbonyl (C=O) groups excluding carboxylic acids is 3. The molecule has 0 saturated carbocycles. The lowest BCUT2D eigenvalue weighted by Crippen LogP contribution is -2.48. The maximum Gasteiger partial charge on any atom is 0.410 e. The highest BCUT2D eigenvalue weighted by Gasteiger charge is 2.31. The van der Waals surface area contributed by atoms with Crippen molar-refractivity contribution in [2.45, 2.75) is 65.5 Å². The zero-order valence-corrected chi connectivity index (χ0v) is 22.3. The van der Waals surface area contributed by atoms with Gasteiger partial charge in [0.2, 0.25) is 5.91 Å². The third-order valence-electron chi connectivity index (χ3n) is 7.07. The lowest BCUT2D eigenvalue weighted by Gasteiger charge is -2.37. The summed E-state index contributed by atoms with van der Waals surface area (Å²) < 4.78 is 19.3. The molecular formula is C28H35FN4O4. The average Bonchev–Trinajstić information content (AvgIpc) is 3.27. The number of aromatic nitrogens is 1. The molecule has 0 aliphatic carbocycles. The minimum Gasteiger partial charge on any atom is -0.444 e. The van der Waals surface area contributed by atoms with Gasteiger partial charge < -0.3 is 24.8 Å². The third-order valence-corrected chi connectivity index (χ3v) is 7.07. The number of fused-ring (bicyclic) bond motifs is 1. The Morgan fingerprint density at radius 3 is 2.54 bits per heavy atom. The SMILES string of the molecule is Cc1[nH]c(/C=C2\C(=O)Nc3ccc(F)cc32)c(C)c1CC(=O)N(C)C1CCN(C(=O)OC(C)(C)C)CC1. The highest BCUT2D eigenvalue weighted by Crippen LogP contribution is 2.34. The minimum atomic E-state index is -0.539. The second-order valence-electron chi connectivity index (χ2n) is 10.8. The molecule has 2 aliphatic rings. The number of halogens is 1. The van der Waals surface area contributed by atoms with Gasteiger partial charge in [0.15, 0.2) is 0 Å². The molecule has 0 bridgehead atoms. The van der Waals surface area contributed by atoms with Gasteiger partial charge in [0, 0.05) is 48.8 Å². The fourth-order valence-corrected chi connectivity index (χ4v) is 4.91. The van der Waals surface area contributed by atoms with Gasteiger partial charge in [-0.2, -0.15) is 0 Å². The van der Waals surface area contributed by atoms with E-state index in [1.54, 1.807) is 21.9 Å². The third kappa shape index (κ3) is 5.70. The van der Waals surface area contributed by atoms with E-state index in [4.69, 9.17) is 4.74 Å². The highest BCUT2D eigenvalue weighted by atomic mass is 19.1. The topological polar surface area (TPSA) is 94.7 Å². The first-order valence-electron chi connectivity index (χ1n) is 12.6. The van der Waals surface area contributed by atoms with Crippen molar-refractivity contribution in [3.8, 4) is 0 Å². The van der Waals surface area contributed by atoms with Gasteiger partial charge in [-0.05, 0) is 82.9 Å². The van der Waals surface area contributed by atoms with Crippen molar-refractivity contribution in [1.82, 2.24) is 14.8 Å². The van der Waals surface area contributed by atoms with Gasteiger partial charge in [-0.25, -0.2) is 9.18 Å². The number of carbonyl (C=O) groups is 3. The molecule has 2 aromatic rings. The van der Waals surface area contributed by atoms with Crippen molar-refractivity contribution in [2.75, 3.05) is 25.5 Å². The number of ether oxygens (including phenoxy) is 1. The van der Waals surface area contributed by atoms with E-state index in [-0.39, 0.29) is 30.4 Å². The Kier molecular flexibility index (Phi) is 7.17. The van der Waals surface area contributed by atoms with Crippen LogP contribution in [0.2, 0.25) is 0 Å². The number of rotatable bonds is 4. The maximum atomic E-state index is 13.8. The van der Waals surface area contributed by atoms with Crippen LogP contribution in [0.4, 0.5) is 14.9 Å². The number of likely N-dealkylation sites (N-methyl/N-ethyl adjacent to an activating group) is 1. The Bertz CT molecular complexity index is 1270. The monoisotopic (exact) mass is 510 g/mol. The van der Waals surface area contributed by atoms with Crippen LogP contribution in [0.15, 0.2) is 18.2 Å². The molecule has 0 atom stereocenters. The van der Waals surface area contributed by atoms with E-state index in [1.807, 2.05) is 41.7 Å². The lowest BCUT2D eigenvalue weighted by atomic mass is 10.0. The molecule has 1 fully saturated rings. The van der Waals surface area contributed by atoms with Gasteiger partial charge >= 0.3 is 6.09 Å². The first-order chi connectivity index (χ1) is 17.3. The largest absolute Gasteiger partial charge is 0.444 e. The average molecular weight is 511 g/mol. The smallest absolute Gasteiger partial charge is 0.410 e. The lowest BCUT2D eigenvalue weighted by molar-refractivity contribution is -0.132. The molecule has 1 aromatic carbocycles. The first-order valence-corrected chi connectivity index (χ1v) is 12.6. The van der Waals surface area contributed by atoms with Gasteiger partial charge in [-0.1, -0.05) is 0 Å². The summed E-state index contributed by atoms with van der Waals surface area (Å²) in [4.78, 5) is 44.8. The summed E-state index contributed by atoms with van der Waals surface area (Å²) in [6.07, 6.45) is 3.00. The molecule has 3 amide bonds. The number of benzene rings is 1. The van der Waals surface area contributed by atoms with E-state index in [1.165, 1.54) is 12.1 Å². The zero-order valence-electron chi connectivity index (χ0n) is 22.3. The molecule has 1 aromatic heterocycles. The molecule has 3 heterocycles. The number of amides is 3. The van der Waals surface area contributed by atoms with Gasteiger partial charge in [-0.3, -0.25) is 9.59 Å². The van der Waals surface area contributed by atoms with E-state index >= 15 is 0 Å². The quantitative estimate of drug-likeness (QED) is 0.585. The Balaban J connectivity index is 1.43. The number of H-pyrrole nitrogens is 1. The van der Waals surface area contributed by atoms with Crippen LogP contribution in [0.5, 0.6) is 0 Å². The zero-order chi connectivity index (χ0) is 27.1. The molecule has 2 aliphatic heterocycles. The van der Waals surface area contributed by atoms with E-state index in [0.717, 1.165) is 22.5 Å². The van der Waals surface area contributed by atoms with Gasteiger partial charge in [0.25, 0.3) is 5.91 Å². The van der Waals surface area contributed by atoms with E-state index < -0.39 is 11.4 Å². The predicted molar refractivity (Wildman–Crippen MR) is 140 cm³/mol. The molecule has 1 saturated heterocycles. The van der Waals surface area contributed by atoms with Crippen molar-refractivity contribution >= 4 is 35.2 Å². The van der Waals surface area contributed by atoms with Crippen molar-refractivity contribution in [1.29, 1.82) is 0 Å². The van der Waals surface area contributed by atoms with Crippen LogP contribution >= 0.6 is 0 Å². The molecule has 4 rings (SSSR count). The molecule has 37 heavy (non-hydrogen) atoms. The normalized spacial score (nSPS) is 17.1. The van der Waals surface area contributed by atoms with Crippen LogP contribution in [0.1, 0.15) is 61.7 Å². The first kappa shape index (κ1) is 26.4. The summed E-state index contributed by atoms with van der Waals surface area (Å²) in [6.45, 7) is 10.4. The van der Waals surface area contributed by atoms with Gasteiger partial charge in [0.05, 0.1) is 12.0 Å². The summed E-state index contributed by atoms with van der Waals surface area (Å²) in [5.41, 5.74) is 4.27. The second kappa shape index (κ2) is 10.0. The molecule has 2 N–H and O–H groups in total. The van der Waals surface area contributed by atoms with Crippen molar-refractivity contribution in [3.63, 3.8) is 0 Å². The highest BCUT2D eigenvalue weighted by molar-refractivity contribution is 6.34. The van der Waals surface area contributed by atoms with Crippen LogP contribution in [0, 0.1) is 19.7 Å². The number of nitrogens with one attached hydrogen (secondary N) is 2. The van der Waals surface area contributed by atoms with Crippen LogP contribution < -0.4 is 5.32 Å². The molecule has 9 heteroatoms. The summed E-state index contributed by atoms with van der Waals surface area (Å²) in [5.74, 6) is -0.708. The summed E-state index contributed by atoms with van der Waals surface area (Å²) in [5, 5.41) is 2.76. The fraction of sp³-hybridized carbons (Fsp3) is 0.464. The molecule has 8 nitrogen and oxygen atoms in total. The van der Waals surface area contributed by atoms with E-state index in [2.05, 4.69) is 10.3 Å². The maximum absolute atomic E-state index is 13.8. The Morgan fingerprint density at radius 2 is 1.89 bits per heavy atom. The number of hydrogen-bond donors (Lipinski definition) is 2. The number of aryl methyl sites for hydroxylation is 1. The second-order valence-corrected chi connectivity index (χ2v) is 10.8. The number of piperidine rings is 1. The van der Waals surface area contributed by atoms with Gasteiger partial charge in [0.1, 0.15) is 11.4 Å². The number of nitrogens with zero attached hydrogens (tertiary/aromatic N) is 2. The van der Waals surface area contributed by atoms with Gasteiger partial charge in [-0.15, -0.1) is 0 Å². The Labute approximate surface area is 216 Å². The molecule has 0 unspecified atom stereocenters. The summed E-state index contributed by atoms with van der Waals surface area (Å²) >= 11 is 0. The van der Waals surface area contributed by atoms with Crippen molar-refractivity contribution < 1.29 is 23.5 Å². The number of hydrogen-bond acceptors (Lipinski definition) is 4. The Morgan fingerprint density at radius 1 is 1.22 bits per heavy atom. The summed E-state index contributed by atoms with van der Waals surface area (Å²) in [6, 6.07) is 4.25. The fourth-order valence-electron chi connectivity index (χ4n) is 4.91. The van der Waals surface area contributed by atoms with Crippen LogP contribution in [0.25, 0.3) is 11.6 Å². The summed E-state index contributed by atoms with van der Waals surface area (Å²) in [7, 11) is 1.81. The van der Waals surface area contributed by atoms with Crippen molar-refractivity contribution in [3.05, 3.63) is 52.1 Å². The van der Waals surface area contributed by atoms with E-state index in [0.29, 0.717) is 42.8 Å². The Hall–Kier alpha value is -3.62. The van der Waals surface area contributed by atoms with Crippen LogP contribution in [-0.4, -0.2) is 64.5 Å². The van der Waals surface area contributed by atoms with Crippen LogP contribution in [0.3, 0.4) is 0 Å². The number of anilines is 1. The number of likely N-dealkylation sites (tertiary alicyclic amines) is 1. The van der Waals surface area contributed by atoms with E-state index in [9.17, 15) is 18.8 Å². The van der Waals surface area contributed by atoms with Crippen molar-refractivity contribution in [2.24, 2.45) is 0 Å². The van der Waals surface area contributed by atoms with Crippen LogP contribution in [-0.2, 0) is 20.7 Å². The minimum absolute atomic E-state index is 0.00820. The molecule has 198 valence electrons. The standard InChI is InChI=1S/C28H35FN4O4/c1-16-20(15-25(34)32(6)19-9-11-33(12-10-19)27(36)37-28(3,4)5)17(2)30-24(16)14-22-21-13-18(29)7-8-23(21)31-26(22)35/h7-8,13-14,19,30H,9-12,15H2,1-6H3,(H,31,35)/b22-14-. The number of aromatic amines is 1.